The molecular weight excluding hydrogens is 324 g/mol. The highest BCUT2D eigenvalue weighted by molar-refractivity contribution is 8.13. The third-order valence-electron chi connectivity index (χ3n) is 3.41. The van der Waals surface area contributed by atoms with E-state index in [0.29, 0.717) is 18.0 Å². The zero-order valence-electron chi connectivity index (χ0n) is 13.9. The molecule has 5 nitrogen and oxygen atoms in total. The van der Waals surface area contributed by atoms with Gasteiger partial charge in [-0.15, -0.1) is 0 Å². The number of aryl methyl sites for hydroxylation is 1. The van der Waals surface area contributed by atoms with Crippen LogP contribution in [0.1, 0.15) is 12.5 Å². The van der Waals surface area contributed by atoms with Crippen molar-refractivity contribution in [3.63, 3.8) is 0 Å². The number of hydrogen-bond donors (Lipinski definition) is 1. The van der Waals surface area contributed by atoms with Gasteiger partial charge < -0.3 is 10.1 Å². The third kappa shape index (κ3) is 4.52. The lowest BCUT2D eigenvalue weighted by Gasteiger charge is -2.22. The van der Waals surface area contributed by atoms with Gasteiger partial charge >= 0.3 is 6.09 Å². The Balaban J connectivity index is 2.15. The highest BCUT2D eigenvalue weighted by Crippen LogP contribution is 2.23. The van der Waals surface area contributed by atoms with E-state index >= 15 is 0 Å². The standard InChI is InChI=1S/C18H20N2O3S/c1-4-20(16-11-6-5-8-13(16)2)18(22)23-15-10-7-9-14(12-15)19-17(21)24-3/h5-12H,4H2,1-3H3,(H,19,21). The van der Waals surface area contributed by atoms with Crippen molar-refractivity contribution in [3.8, 4) is 5.75 Å². The van der Waals surface area contributed by atoms with Crippen LogP contribution >= 0.6 is 11.8 Å². The zero-order chi connectivity index (χ0) is 17.5. The summed E-state index contributed by atoms with van der Waals surface area (Å²) in [6.07, 6.45) is 1.24. The van der Waals surface area contributed by atoms with Crippen molar-refractivity contribution >= 4 is 34.5 Å². The Bertz CT molecular complexity index is 734. The fraction of sp³-hybridized carbons (Fsp3) is 0.222. The van der Waals surface area contributed by atoms with Crippen LogP contribution in [0.3, 0.4) is 0 Å². The molecule has 0 aromatic heterocycles. The van der Waals surface area contributed by atoms with Gasteiger partial charge in [-0.2, -0.15) is 0 Å². The van der Waals surface area contributed by atoms with Crippen LogP contribution in [0.4, 0.5) is 21.0 Å². The van der Waals surface area contributed by atoms with E-state index in [-0.39, 0.29) is 5.24 Å². The predicted molar refractivity (Wildman–Crippen MR) is 99.2 cm³/mol. The van der Waals surface area contributed by atoms with Crippen LogP contribution in [-0.4, -0.2) is 24.1 Å². The molecule has 0 aliphatic rings. The van der Waals surface area contributed by atoms with Crippen molar-refractivity contribution in [1.82, 2.24) is 0 Å². The lowest BCUT2D eigenvalue weighted by Crippen LogP contribution is -2.33. The fourth-order valence-electron chi connectivity index (χ4n) is 2.23. The number of carbonyl (C=O) groups is 2. The van der Waals surface area contributed by atoms with E-state index in [1.165, 1.54) is 0 Å². The number of thioether (sulfide) groups is 1. The van der Waals surface area contributed by atoms with E-state index in [0.717, 1.165) is 23.0 Å². The molecule has 0 radical (unpaired) electrons. The summed E-state index contributed by atoms with van der Waals surface area (Å²) in [5.74, 6) is 0.380. The van der Waals surface area contributed by atoms with Crippen molar-refractivity contribution in [2.24, 2.45) is 0 Å². The van der Waals surface area contributed by atoms with Gasteiger partial charge in [0.1, 0.15) is 5.75 Å². The number of rotatable bonds is 4. The van der Waals surface area contributed by atoms with E-state index in [2.05, 4.69) is 5.32 Å². The highest BCUT2D eigenvalue weighted by Gasteiger charge is 2.18. The molecule has 1 N–H and O–H groups in total. The topological polar surface area (TPSA) is 58.6 Å². The maximum atomic E-state index is 12.5. The van der Waals surface area contributed by atoms with Gasteiger partial charge in [0, 0.05) is 24.0 Å². The number of nitrogens with one attached hydrogen (secondary N) is 1. The summed E-state index contributed by atoms with van der Waals surface area (Å²) >= 11 is 1.08. The van der Waals surface area contributed by atoms with Gasteiger partial charge in [-0.05, 0) is 43.9 Å². The molecule has 2 amide bonds. The van der Waals surface area contributed by atoms with Crippen LogP contribution in [0.25, 0.3) is 0 Å². The molecule has 0 aliphatic carbocycles. The fourth-order valence-corrected chi connectivity index (χ4v) is 2.45. The first-order valence-electron chi connectivity index (χ1n) is 7.55. The van der Waals surface area contributed by atoms with Gasteiger partial charge in [-0.3, -0.25) is 9.69 Å². The number of hydrogen-bond acceptors (Lipinski definition) is 4. The summed E-state index contributed by atoms with van der Waals surface area (Å²) in [5.41, 5.74) is 2.40. The summed E-state index contributed by atoms with van der Waals surface area (Å²) in [7, 11) is 0. The van der Waals surface area contributed by atoms with Gasteiger partial charge in [-0.1, -0.05) is 36.0 Å². The summed E-state index contributed by atoms with van der Waals surface area (Å²) in [6, 6.07) is 14.4. The van der Waals surface area contributed by atoms with Crippen molar-refractivity contribution in [3.05, 3.63) is 54.1 Å². The van der Waals surface area contributed by atoms with E-state index in [9.17, 15) is 9.59 Å². The largest absolute Gasteiger partial charge is 0.419 e. The van der Waals surface area contributed by atoms with Crippen molar-refractivity contribution in [2.75, 3.05) is 23.0 Å². The molecule has 2 aromatic carbocycles. The third-order valence-corrected chi connectivity index (χ3v) is 3.89. The summed E-state index contributed by atoms with van der Waals surface area (Å²) in [5, 5.41) is 2.54. The molecule has 0 fully saturated rings. The van der Waals surface area contributed by atoms with Gasteiger partial charge in [0.25, 0.3) is 5.24 Å². The number of carbonyl (C=O) groups excluding carboxylic acids is 2. The Labute approximate surface area is 146 Å². The molecule has 0 heterocycles. The number of amides is 2. The van der Waals surface area contributed by atoms with E-state index in [1.807, 2.05) is 38.1 Å². The van der Waals surface area contributed by atoms with Crippen LogP contribution in [0.15, 0.2) is 48.5 Å². The maximum Gasteiger partial charge on any atom is 0.419 e. The second kappa shape index (κ2) is 8.40. The van der Waals surface area contributed by atoms with Gasteiger partial charge in [0.15, 0.2) is 0 Å². The monoisotopic (exact) mass is 344 g/mol. The predicted octanol–water partition coefficient (Wildman–Crippen LogP) is 4.92. The van der Waals surface area contributed by atoms with E-state index < -0.39 is 6.09 Å². The minimum atomic E-state index is -0.458. The molecule has 0 aliphatic heterocycles. The maximum absolute atomic E-state index is 12.5. The quantitative estimate of drug-likeness (QED) is 0.855. The number of anilines is 2. The zero-order valence-corrected chi connectivity index (χ0v) is 14.7. The van der Waals surface area contributed by atoms with Crippen LogP contribution < -0.4 is 15.0 Å². The van der Waals surface area contributed by atoms with Crippen LogP contribution in [0.5, 0.6) is 5.75 Å². The molecular formula is C18H20N2O3S. The average Bonchev–Trinajstić information content (AvgIpc) is 2.57. The first-order chi connectivity index (χ1) is 11.5. The van der Waals surface area contributed by atoms with Crippen LogP contribution in [0.2, 0.25) is 0 Å². The molecule has 0 unspecified atom stereocenters. The first kappa shape index (κ1) is 17.9. The molecule has 24 heavy (non-hydrogen) atoms. The molecule has 0 saturated carbocycles. The molecule has 126 valence electrons. The molecule has 0 atom stereocenters. The van der Waals surface area contributed by atoms with Crippen molar-refractivity contribution in [1.29, 1.82) is 0 Å². The second-order valence-electron chi connectivity index (χ2n) is 5.04. The number of para-hydroxylation sites is 1. The minimum Gasteiger partial charge on any atom is -0.410 e. The molecule has 2 aromatic rings. The Kier molecular flexibility index (Phi) is 6.26. The average molecular weight is 344 g/mol. The lowest BCUT2D eigenvalue weighted by atomic mass is 10.2. The molecule has 0 spiro atoms. The first-order valence-corrected chi connectivity index (χ1v) is 8.77. The van der Waals surface area contributed by atoms with E-state index in [4.69, 9.17) is 4.74 Å². The van der Waals surface area contributed by atoms with Crippen molar-refractivity contribution < 1.29 is 14.3 Å². The minimum absolute atomic E-state index is 0.173. The Morgan fingerprint density at radius 3 is 2.58 bits per heavy atom. The summed E-state index contributed by atoms with van der Waals surface area (Å²) < 4.78 is 5.46. The second-order valence-corrected chi connectivity index (χ2v) is 5.82. The van der Waals surface area contributed by atoms with Crippen molar-refractivity contribution in [2.45, 2.75) is 13.8 Å². The Hall–Kier alpha value is -2.47. The SMILES string of the molecule is CCN(C(=O)Oc1cccc(NC(=O)SC)c1)c1ccccc1C. The number of ether oxygens (including phenoxy) is 1. The normalized spacial score (nSPS) is 10.1. The lowest BCUT2D eigenvalue weighted by molar-refractivity contribution is 0.208. The number of nitrogens with zero attached hydrogens (tertiary/aromatic N) is 1. The Morgan fingerprint density at radius 1 is 1.17 bits per heavy atom. The van der Waals surface area contributed by atoms with Crippen LogP contribution in [0, 0.1) is 6.92 Å². The molecule has 0 bridgehead atoms. The van der Waals surface area contributed by atoms with Gasteiger partial charge in [-0.25, -0.2) is 4.79 Å². The van der Waals surface area contributed by atoms with E-state index in [1.54, 1.807) is 35.4 Å². The Morgan fingerprint density at radius 2 is 1.92 bits per heavy atom. The highest BCUT2D eigenvalue weighted by atomic mass is 32.2. The molecule has 2 rings (SSSR count). The summed E-state index contributed by atoms with van der Waals surface area (Å²) in [6.45, 7) is 4.33. The summed E-state index contributed by atoms with van der Waals surface area (Å²) in [4.78, 5) is 25.5. The van der Waals surface area contributed by atoms with Gasteiger partial charge in [0.2, 0.25) is 0 Å². The molecule has 0 saturated heterocycles. The molecule has 6 heteroatoms. The smallest absolute Gasteiger partial charge is 0.410 e. The van der Waals surface area contributed by atoms with Crippen LogP contribution in [-0.2, 0) is 0 Å². The number of benzene rings is 2. The van der Waals surface area contributed by atoms with Gasteiger partial charge in [0.05, 0.1) is 0 Å².